The quantitative estimate of drug-likeness (QED) is 0.0261. The number of hydrogen-bond acceptors (Lipinski definition) is 6. The number of rotatable bonds is 57. The summed E-state index contributed by atoms with van der Waals surface area (Å²) in [6, 6.07) is 0. The molecule has 0 radical (unpaired) electrons. The van der Waals surface area contributed by atoms with Crippen LogP contribution in [0.4, 0.5) is 0 Å². The lowest BCUT2D eigenvalue weighted by molar-refractivity contribution is -0.167. The number of carbonyl (C=O) groups is 3. The van der Waals surface area contributed by atoms with Crippen molar-refractivity contribution in [1.29, 1.82) is 0 Å². The molecule has 0 aromatic rings. The van der Waals surface area contributed by atoms with Crippen molar-refractivity contribution in [3.8, 4) is 0 Å². The van der Waals surface area contributed by atoms with E-state index in [-0.39, 0.29) is 31.1 Å². The third kappa shape index (κ3) is 56.7. The molecule has 6 heteroatoms. The van der Waals surface area contributed by atoms with E-state index >= 15 is 0 Å². The van der Waals surface area contributed by atoms with Crippen LogP contribution in [0.2, 0.25) is 0 Å². The van der Waals surface area contributed by atoms with E-state index in [1.54, 1.807) is 0 Å². The summed E-state index contributed by atoms with van der Waals surface area (Å²) >= 11 is 0. The van der Waals surface area contributed by atoms with Gasteiger partial charge in [0.05, 0.1) is 0 Å². The molecule has 0 heterocycles. The van der Waals surface area contributed by atoms with Gasteiger partial charge in [0.1, 0.15) is 13.2 Å². The summed E-state index contributed by atoms with van der Waals surface area (Å²) in [6.45, 7) is 6.66. The summed E-state index contributed by atoms with van der Waals surface area (Å²) in [7, 11) is 0. The highest BCUT2D eigenvalue weighted by Gasteiger charge is 2.19. The molecular weight excluding hydrogens is 853 g/mol. The average molecular weight is 972 g/mol. The first-order valence-electron chi connectivity index (χ1n) is 30.8. The van der Waals surface area contributed by atoms with Gasteiger partial charge in [-0.25, -0.2) is 0 Å². The molecule has 0 aliphatic carbocycles. The number of hydrogen-bond donors (Lipinski definition) is 0. The Bertz CT molecular complexity index is 1110. The molecule has 0 aromatic heterocycles. The highest BCUT2D eigenvalue weighted by atomic mass is 16.6. The fourth-order valence-corrected chi connectivity index (χ4v) is 9.26. The molecular formula is C63H118O6. The second kappa shape index (κ2) is 58.5. The maximum absolute atomic E-state index is 12.8. The summed E-state index contributed by atoms with van der Waals surface area (Å²) in [5.74, 6) is -0.857. The minimum atomic E-state index is -0.768. The van der Waals surface area contributed by atoms with Crippen molar-refractivity contribution in [2.75, 3.05) is 13.2 Å². The van der Waals surface area contributed by atoms with Crippen LogP contribution in [-0.4, -0.2) is 37.2 Å². The van der Waals surface area contributed by atoms with Gasteiger partial charge in [0.15, 0.2) is 6.10 Å². The normalized spacial score (nSPS) is 12.1. The van der Waals surface area contributed by atoms with Crippen molar-refractivity contribution in [3.63, 3.8) is 0 Å². The number of ether oxygens (including phenoxy) is 3. The Hall–Kier alpha value is -2.11. The van der Waals surface area contributed by atoms with E-state index in [1.165, 1.54) is 244 Å². The standard InChI is InChI=1S/C63H118O6/c1-4-7-10-13-16-19-21-23-25-27-29-30-31-32-33-34-35-37-38-40-42-44-47-50-53-56-62(65)68-59-60(58-67-61(64)55-52-49-46-18-15-12-9-6-3)69-63(66)57-54-51-48-45-43-41-39-36-28-26-24-22-20-17-14-11-8-5-2/h26-29,60H,4-25,30-59H2,1-3H3/b28-26-,29-27-. The molecule has 0 amide bonds. The minimum absolute atomic E-state index is 0.0687. The summed E-state index contributed by atoms with van der Waals surface area (Å²) in [4.78, 5) is 38.1. The van der Waals surface area contributed by atoms with Gasteiger partial charge in [0.25, 0.3) is 0 Å². The third-order valence-electron chi connectivity index (χ3n) is 13.9. The van der Waals surface area contributed by atoms with Crippen LogP contribution in [0, 0.1) is 0 Å². The fourth-order valence-electron chi connectivity index (χ4n) is 9.26. The van der Waals surface area contributed by atoms with Crippen molar-refractivity contribution in [2.45, 2.75) is 348 Å². The SMILES string of the molecule is CCCCCCCCC/C=C\CCCCCCCCCC(=O)OC(COC(=O)CCCCCCCCCC)COC(=O)CCCCCCCCCCCCCCC/C=C\CCCCCCCCCC. The molecule has 69 heavy (non-hydrogen) atoms. The van der Waals surface area contributed by atoms with E-state index in [1.807, 2.05) is 0 Å². The smallest absolute Gasteiger partial charge is 0.306 e. The Labute approximate surface area is 430 Å². The number of esters is 3. The summed E-state index contributed by atoms with van der Waals surface area (Å²) in [5, 5.41) is 0. The molecule has 0 fully saturated rings. The van der Waals surface area contributed by atoms with Gasteiger partial charge >= 0.3 is 17.9 Å². The van der Waals surface area contributed by atoms with Crippen LogP contribution in [0.1, 0.15) is 342 Å². The Morgan fingerprint density at radius 2 is 0.478 bits per heavy atom. The summed E-state index contributed by atoms with van der Waals surface area (Å²) < 4.78 is 16.8. The zero-order valence-electron chi connectivity index (χ0n) is 46.6. The molecule has 0 aliphatic heterocycles. The van der Waals surface area contributed by atoms with Gasteiger partial charge in [-0.15, -0.1) is 0 Å². The number of allylic oxidation sites excluding steroid dienone is 4. The van der Waals surface area contributed by atoms with Crippen molar-refractivity contribution >= 4 is 17.9 Å². The predicted molar refractivity (Wildman–Crippen MR) is 298 cm³/mol. The van der Waals surface area contributed by atoms with Gasteiger partial charge in [0, 0.05) is 19.3 Å². The zero-order valence-corrected chi connectivity index (χ0v) is 46.6. The van der Waals surface area contributed by atoms with Crippen molar-refractivity contribution in [2.24, 2.45) is 0 Å². The second-order valence-corrected chi connectivity index (χ2v) is 21.0. The molecule has 6 nitrogen and oxygen atoms in total. The second-order valence-electron chi connectivity index (χ2n) is 21.0. The monoisotopic (exact) mass is 971 g/mol. The van der Waals surface area contributed by atoms with Crippen molar-refractivity contribution in [3.05, 3.63) is 24.3 Å². The summed E-state index contributed by atoms with van der Waals surface area (Å²) in [5.41, 5.74) is 0. The van der Waals surface area contributed by atoms with Gasteiger partial charge in [0.2, 0.25) is 0 Å². The number of carbonyl (C=O) groups excluding carboxylic acids is 3. The zero-order chi connectivity index (χ0) is 50.0. The molecule has 0 saturated carbocycles. The van der Waals surface area contributed by atoms with Crippen molar-refractivity contribution < 1.29 is 28.6 Å². The molecule has 1 unspecified atom stereocenters. The third-order valence-corrected chi connectivity index (χ3v) is 13.9. The maximum Gasteiger partial charge on any atom is 0.306 e. The molecule has 1 atom stereocenters. The van der Waals surface area contributed by atoms with Gasteiger partial charge in [-0.1, -0.05) is 276 Å². The lowest BCUT2D eigenvalue weighted by Crippen LogP contribution is -2.30. The van der Waals surface area contributed by atoms with E-state index in [9.17, 15) is 14.4 Å². The Morgan fingerprint density at radius 3 is 0.725 bits per heavy atom. The van der Waals surface area contributed by atoms with Gasteiger partial charge in [-0.05, 0) is 70.6 Å². The van der Waals surface area contributed by atoms with Crippen LogP contribution in [0.15, 0.2) is 24.3 Å². The molecule has 0 spiro atoms. The van der Waals surface area contributed by atoms with Crippen LogP contribution in [0.5, 0.6) is 0 Å². The van der Waals surface area contributed by atoms with E-state index in [0.717, 1.165) is 57.8 Å². The van der Waals surface area contributed by atoms with Gasteiger partial charge in [-0.2, -0.15) is 0 Å². The average Bonchev–Trinajstić information content (AvgIpc) is 3.35. The molecule has 0 aliphatic rings. The largest absolute Gasteiger partial charge is 0.462 e. The van der Waals surface area contributed by atoms with Gasteiger partial charge < -0.3 is 14.2 Å². The molecule has 0 saturated heterocycles. The lowest BCUT2D eigenvalue weighted by Gasteiger charge is -2.18. The first kappa shape index (κ1) is 66.9. The maximum atomic E-state index is 12.8. The highest BCUT2D eigenvalue weighted by Crippen LogP contribution is 2.17. The highest BCUT2D eigenvalue weighted by molar-refractivity contribution is 5.71. The molecule has 0 rings (SSSR count). The van der Waals surface area contributed by atoms with Crippen LogP contribution >= 0.6 is 0 Å². The molecule has 406 valence electrons. The first-order valence-corrected chi connectivity index (χ1v) is 30.8. The topological polar surface area (TPSA) is 78.9 Å². The minimum Gasteiger partial charge on any atom is -0.462 e. The lowest BCUT2D eigenvalue weighted by atomic mass is 10.0. The van der Waals surface area contributed by atoms with E-state index in [0.29, 0.717) is 19.3 Å². The molecule has 0 bridgehead atoms. The number of unbranched alkanes of at least 4 members (excludes halogenated alkanes) is 42. The fraction of sp³-hybridized carbons (Fsp3) is 0.889. The van der Waals surface area contributed by atoms with Crippen LogP contribution in [0.25, 0.3) is 0 Å². The molecule has 0 aromatic carbocycles. The van der Waals surface area contributed by atoms with Crippen LogP contribution in [0.3, 0.4) is 0 Å². The van der Waals surface area contributed by atoms with E-state index < -0.39 is 6.10 Å². The van der Waals surface area contributed by atoms with Crippen LogP contribution < -0.4 is 0 Å². The van der Waals surface area contributed by atoms with Crippen LogP contribution in [-0.2, 0) is 28.6 Å². The van der Waals surface area contributed by atoms with Gasteiger partial charge in [-0.3, -0.25) is 14.4 Å². The summed E-state index contributed by atoms with van der Waals surface area (Å²) in [6.07, 6.45) is 69.1. The Morgan fingerprint density at radius 1 is 0.275 bits per heavy atom. The first-order chi connectivity index (χ1) is 34.0. The van der Waals surface area contributed by atoms with Crippen molar-refractivity contribution in [1.82, 2.24) is 0 Å². The van der Waals surface area contributed by atoms with E-state index in [2.05, 4.69) is 45.1 Å². The predicted octanol–water partition coefficient (Wildman–Crippen LogP) is 20.7. The Balaban J connectivity index is 4.13. The molecule has 0 N–H and O–H groups in total. The van der Waals surface area contributed by atoms with E-state index in [4.69, 9.17) is 14.2 Å². The Kier molecular flexibility index (Phi) is 56.7.